The summed E-state index contributed by atoms with van der Waals surface area (Å²) in [5, 5.41) is 13.9. The number of carbonyl (C=O) groups is 1. The second-order valence-electron chi connectivity index (χ2n) is 8.09. The zero-order valence-corrected chi connectivity index (χ0v) is 19.9. The van der Waals surface area contributed by atoms with Crippen molar-refractivity contribution in [2.45, 2.75) is 18.2 Å². The van der Waals surface area contributed by atoms with E-state index in [9.17, 15) is 23.3 Å². The van der Waals surface area contributed by atoms with Gasteiger partial charge in [0.15, 0.2) is 0 Å². The van der Waals surface area contributed by atoms with Gasteiger partial charge in [-0.1, -0.05) is 18.2 Å². The molecule has 34 heavy (non-hydrogen) atoms. The van der Waals surface area contributed by atoms with Gasteiger partial charge in [0.05, 0.1) is 9.82 Å². The molecule has 0 atom stereocenters. The third-order valence-corrected chi connectivity index (χ3v) is 6.53. The number of nitro benzene ring substituents is 1. The van der Waals surface area contributed by atoms with Crippen molar-refractivity contribution >= 4 is 33.0 Å². The van der Waals surface area contributed by atoms with Gasteiger partial charge < -0.3 is 10.2 Å². The first kappa shape index (κ1) is 24.9. The van der Waals surface area contributed by atoms with Gasteiger partial charge in [-0.2, -0.15) is 0 Å². The van der Waals surface area contributed by atoms with Gasteiger partial charge in [-0.3, -0.25) is 19.6 Å². The number of likely N-dealkylation sites (N-methyl/N-ethyl adjacent to an activating group) is 1. The van der Waals surface area contributed by atoms with Gasteiger partial charge in [0.1, 0.15) is 0 Å². The first-order valence-corrected chi connectivity index (χ1v) is 12.0. The van der Waals surface area contributed by atoms with Crippen LogP contribution in [0.1, 0.15) is 21.5 Å². The summed E-state index contributed by atoms with van der Waals surface area (Å²) in [6.45, 7) is 2.47. The molecule has 0 heterocycles. The van der Waals surface area contributed by atoms with E-state index in [-0.39, 0.29) is 22.2 Å². The fourth-order valence-electron chi connectivity index (χ4n) is 3.17. The van der Waals surface area contributed by atoms with Gasteiger partial charge in [-0.15, -0.1) is 0 Å². The van der Waals surface area contributed by atoms with Crippen molar-refractivity contribution in [3.63, 3.8) is 0 Å². The van der Waals surface area contributed by atoms with E-state index in [0.717, 1.165) is 19.0 Å². The summed E-state index contributed by atoms with van der Waals surface area (Å²) in [5.74, 6) is -0.329. The number of aryl methyl sites for hydroxylation is 1. The fourth-order valence-corrected chi connectivity index (χ4v) is 4.25. The van der Waals surface area contributed by atoms with Crippen molar-refractivity contribution in [2.24, 2.45) is 0 Å². The summed E-state index contributed by atoms with van der Waals surface area (Å²) >= 11 is 0. The molecule has 0 unspecified atom stereocenters. The van der Waals surface area contributed by atoms with Crippen LogP contribution in [-0.4, -0.2) is 44.8 Å². The van der Waals surface area contributed by atoms with Crippen LogP contribution >= 0.6 is 0 Å². The van der Waals surface area contributed by atoms with Crippen LogP contribution in [0, 0.1) is 17.0 Å². The lowest BCUT2D eigenvalue weighted by molar-refractivity contribution is -0.385. The number of rotatable bonds is 9. The molecule has 2 N–H and O–H groups in total. The highest BCUT2D eigenvalue weighted by atomic mass is 32.2. The Morgan fingerprint density at radius 2 is 1.59 bits per heavy atom. The third-order valence-electron chi connectivity index (χ3n) is 5.15. The molecule has 0 saturated heterocycles. The van der Waals surface area contributed by atoms with E-state index in [1.165, 1.54) is 48.9 Å². The average molecular weight is 483 g/mol. The van der Waals surface area contributed by atoms with E-state index in [2.05, 4.69) is 14.9 Å². The van der Waals surface area contributed by atoms with Gasteiger partial charge in [0.25, 0.3) is 21.6 Å². The second-order valence-corrected chi connectivity index (χ2v) is 9.77. The Morgan fingerprint density at radius 1 is 0.971 bits per heavy atom. The van der Waals surface area contributed by atoms with Crippen LogP contribution in [0.25, 0.3) is 0 Å². The highest BCUT2D eigenvalue weighted by molar-refractivity contribution is 7.92. The molecule has 0 aliphatic rings. The molecule has 0 aliphatic heterocycles. The van der Waals surface area contributed by atoms with Crippen LogP contribution in [0.2, 0.25) is 0 Å². The predicted molar refractivity (Wildman–Crippen MR) is 132 cm³/mol. The largest absolute Gasteiger partial charge is 0.322 e. The van der Waals surface area contributed by atoms with Gasteiger partial charge in [-0.05, 0) is 75.5 Å². The van der Waals surface area contributed by atoms with Gasteiger partial charge >= 0.3 is 0 Å². The highest BCUT2D eigenvalue weighted by Crippen LogP contribution is 2.24. The molecule has 10 heteroatoms. The van der Waals surface area contributed by atoms with Crippen LogP contribution in [0.15, 0.2) is 71.6 Å². The van der Waals surface area contributed by atoms with E-state index in [0.29, 0.717) is 16.8 Å². The number of benzene rings is 3. The van der Waals surface area contributed by atoms with E-state index < -0.39 is 14.9 Å². The van der Waals surface area contributed by atoms with Crippen LogP contribution in [-0.2, 0) is 16.4 Å². The summed E-state index contributed by atoms with van der Waals surface area (Å²) in [6.07, 6.45) is 0.911. The minimum atomic E-state index is -4.04. The summed E-state index contributed by atoms with van der Waals surface area (Å²) in [4.78, 5) is 24.9. The SMILES string of the molecule is Cc1ccc(S(=O)(=O)Nc2ccc(C(=O)Nc3ccc(CCN(C)C)cc3)cc2)cc1[N+](=O)[O-]. The lowest BCUT2D eigenvalue weighted by Gasteiger charge is -2.11. The third kappa shape index (κ3) is 6.40. The van der Waals surface area contributed by atoms with Gasteiger partial charge in [0, 0.05) is 35.1 Å². The summed E-state index contributed by atoms with van der Waals surface area (Å²) in [5.41, 5.74) is 2.49. The molecule has 0 bridgehead atoms. The quantitative estimate of drug-likeness (QED) is 0.350. The summed E-state index contributed by atoms with van der Waals surface area (Å²) < 4.78 is 27.7. The lowest BCUT2D eigenvalue weighted by atomic mass is 10.1. The Kier molecular flexibility index (Phi) is 7.64. The molecule has 0 radical (unpaired) electrons. The molecule has 0 fully saturated rings. The van der Waals surface area contributed by atoms with Gasteiger partial charge in [-0.25, -0.2) is 8.42 Å². The van der Waals surface area contributed by atoms with E-state index in [1.807, 2.05) is 38.4 Å². The Balaban J connectivity index is 1.66. The van der Waals surface area contributed by atoms with Crippen LogP contribution in [0.3, 0.4) is 0 Å². The molecule has 178 valence electrons. The number of hydrogen-bond donors (Lipinski definition) is 2. The number of nitro groups is 1. The number of nitrogens with zero attached hydrogens (tertiary/aromatic N) is 2. The van der Waals surface area contributed by atoms with Crippen molar-refractivity contribution in [3.8, 4) is 0 Å². The van der Waals surface area contributed by atoms with Crippen molar-refractivity contribution in [3.05, 3.63) is 93.5 Å². The van der Waals surface area contributed by atoms with Crippen LogP contribution < -0.4 is 10.0 Å². The Hall–Kier alpha value is -3.76. The zero-order valence-electron chi connectivity index (χ0n) is 19.1. The van der Waals surface area contributed by atoms with Crippen LogP contribution in [0.4, 0.5) is 17.1 Å². The molecular formula is C24H26N4O5S. The van der Waals surface area contributed by atoms with E-state index in [4.69, 9.17) is 0 Å². The monoisotopic (exact) mass is 482 g/mol. The topological polar surface area (TPSA) is 122 Å². The molecule has 3 aromatic carbocycles. The maximum absolute atomic E-state index is 12.6. The number of carbonyl (C=O) groups excluding carboxylic acids is 1. The summed E-state index contributed by atoms with van der Waals surface area (Å²) in [7, 11) is -0.0136. The molecule has 9 nitrogen and oxygen atoms in total. The van der Waals surface area contributed by atoms with E-state index >= 15 is 0 Å². The molecule has 3 rings (SSSR count). The highest BCUT2D eigenvalue weighted by Gasteiger charge is 2.20. The van der Waals surface area contributed by atoms with Crippen molar-refractivity contribution < 1.29 is 18.1 Å². The predicted octanol–water partition coefficient (Wildman–Crippen LogP) is 4.06. The molecule has 3 aromatic rings. The molecule has 0 aliphatic carbocycles. The molecular weight excluding hydrogens is 456 g/mol. The first-order valence-electron chi connectivity index (χ1n) is 10.5. The number of hydrogen-bond acceptors (Lipinski definition) is 6. The van der Waals surface area contributed by atoms with Gasteiger partial charge in [0.2, 0.25) is 0 Å². The fraction of sp³-hybridized carbons (Fsp3) is 0.208. The maximum Gasteiger partial charge on any atom is 0.273 e. The molecule has 0 aromatic heterocycles. The van der Waals surface area contributed by atoms with E-state index in [1.54, 1.807) is 0 Å². The average Bonchev–Trinajstić information content (AvgIpc) is 2.78. The number of anilines is 2. The number of sulfonamides is 1. The summed E-state index contributed by atoms with van der Waals surface area (Å²) in [6, 6.07) is 17.2. The Morgan fingerprint density at radius 3 is 2.18 bits per heavy atom. The number of amides is 1. The first-order chi connectivity index (χ1) is 16.0. The second kappa shape index (κ2) is 10.4. The minimum absolute atomic E-state index is 0.222. The number of nitrogens with one attached hydrogen (secondary N) is 2. The zero-order chi connectivity index (χ0) is 24.9. The lowest BCUT2D eigenvalue weighted by Crippen LogP contribution is -2.15. The molecule has 0 spiro atoms. The maximum atomic E-state index is 12.6. The van der Waals surface area contributed by atoms with Crippen LogP contribution in [0.5, 0.6) is 0 Å². The molecule has 1 amide bonds. The minimum Gasteiger partial charge on any atom is -0.322 e. The Labute approximate surface area is 198 Å². The normalized spacial score (nSPS) is 11.3. The van der Waals surface area contributed by atoms with Crippen molar-refractivity contribution in [2.75, 3.05) is 30.7 Å². The van der Waals surface area contributed by atoms with Crippen molar-refractivity contribution in [1.82, 2.24) is 4.90 Å². The van der Waals surface area contributed by atoms with Crippen molar-refractivity contribution in [1.29, 1.82) is 0 Å². The molecule has 0 saturated carbocycles. The smallest absolute Gasteiger partial charge is 0.273 e. The standard InChI is InChI=1S/C24H26N4O5S/c1-17-4-13-22(16-23(17)28(30)31)34(32,33)26-21-11-7-19(8-12-21)24(29)25-20-9-5-18(6-10-20)14-15-27(2)3/h4-13,16,26H,14-15H2,1-3H3,(H,25,29). The Bertz CT molecular complexity index is 1290.